The third-order valence-electron chi connectivity index (χ3n) is 3.56. The van der Waals surface area contributed by atoms with Crippen LogP contribution >= 0.6 is 0 Å². The number of methoxy groups -OCH3 is 1. The van der Waals surface area contributed by atoms with Crippen LogP contribution in [-0.2, 0) is 14.3 Å². The number of carbonyl (C=O) groups is 2. The van der Waals surface area contributed by atoms with E-state index in [-0.39, 0.29) is 12.5 Å². The number of para-hydroxylation sites is 1. The summed E-state index contributed by atoms with van der Waals surface area (Å²) < 4.78 is 10.4. The van der Waals surface area contributed by atoms with E-state index in [1.54, 1.807) is 6.92 Å². The highest BCUT2D eigenvalue weighted by molar-refractivity contribution is 5.88. The summed E-state index contributed by atoms with van der Waals surface area (Å²) in [6, 6.07) is 5.79. The lowest BCUT2D eigenvalue weighted by Crippen LogP contribution is -2.53. The molecule has 0 bridgehead atoms. The van der Waals surface area contributed by atoms with Gasteiger partial charge in [0.15, 0.2) is 6.61 Å². The van der Waals surface area contributed by atoms with Gasteiger partial charge in [-0.05, 0) is 38.3 Å². The highest BCUT2D eigenvalue weighted by Gasteiger charge is 2.35. The quantitative estimate of drug-likeness (QED) is 0.786. The maximum atomic E-state index is 12.1. The topological polar surface area (TPSA) is 64.6 Å². The second kappa shape index (κ2) is 7.82. The Morgan fingerprint density at radius 3 is 2.32 bits per heavy atom. The molecule has 0 aliphatic heterocycles. The Kier molecular flexibility index (Phi) is 6.40. The number of carbonyl (C=O) groups excluding carboxylic acids is 2. The van der Waals surface area contributed by atoms with E-state index >= 15 is 0 Å². The van der Waals surface area contributed by atoms with Crippen molar-refractivity contribution in [3.63, 3.8) is 0 Å². The minimum absolute atomic E-state index is 0.137. The Bertz CT molecular complexity index is 521. The van der Waals surface area contributed by atoms with Crippen LogP contribution in [0, 0.1) is 13.8 Å². The van der Waals surface area contributed by atoms with Crippen molar-refractivity contribution in [3.05, 3.63) is 29.3 Å². The number of ether oxygens (including phenoxy) is 2. The number of amides is 1. The molecular weight excluding hydrogens is 282 g/mol. The average Bonchev–Trinajstić information content (AvgIpc) is 2.46. The van der Waals surface area contributed by atoms with Gasteiger partial charge in [0.25, 0.3) is 5.91 Å². The van der Waals surface area contributed by atoms with Crippen LogP contribution in [0.5, 0.6) is 5.75 Å². The first-order valence-electron chi connectivity index (χ1n) is 7.42. The number of aryl methyl sites for hydroxylation is 2. The monoisotopic (exact) mass is 307 g/mol. The van der Waals surface area contributed by atoms with Crippen molar-refractivity contribution in [2.24, 2.45) is 0 Å². The summed E-state index contributed by atoms with van der Waals surface area (Å²) in [5, 5.41) is 2.72. The Hall–Kier alpha value is -2.04. The van der Waals surface area contributed by atoms with E-state index in [9.17, 15) is 9.59 Å². The first kappa shape index (κ1) is 18.0. The number of nitrogens with one attached hydrogen (secondary N) is 1. The van der Waals surface area contributed by atoms with Gasteiger partial charge in [-0.25, -0.2) is 4.79 Å². The second-order valence-corrected chi connectivity index (χ2v) is 5.63. The summed E-state index contributed by atoms with van der Waals surface area (Å²) in [4.78, 5) is 24.0. The SMILES string of the molecule is CCCC(C)(NC(=O)COc1c(C)cccc1C)C(=O)OC. The van der Waals surface area contributed by atoms with Gasteiger partial charge in [0.1, 0.15) is 11.3 Å². The van der Waals surface area contributed by atoms with Crippen molar-refractivity contribution >= 4 is 11.9 Å². The van der Waals surface area contributed by atoms with Crippen molar-refractivity contribution in [2.75, 3.05) is 13.7 Å². The molecule has 0 aliphatic carbocycles. The summed E-state index contributed by atoms with van der Waals surface area (Å²) in [5.74, 6) is -0.0910. The fourth-order valence-corrected chi connectivity index (χ4v) is 2.45. The molecule has 1 aromatic carbocycles. The van der Waals surface area contributed by atoms with Gasteiger partial charge in [-0.3, -0.25) is 4.79 Å². The molecule has 122 valence electrons. The summed E-state index contributed by atoms with van der Waals surface area (Å²) >= 11 is 0. The average molecular weight is 307 g/mol. The zero-order chi connectivity index (χ0) is 16.8. The summed E-state index contributed by atoms with van der Waals surface area (Å²) in [6.45, 7) is 7.33. The maximum absolute atomic E-state index is 12.1. The van der Waals surface area contributed by atoms with Gasteiger partial charge in [-0.2, -0.15) is 0 Å². The minimum Gasteiger partial charge on any atom is -0.483 e. The lowest BCUT2D eigenvalue weighted by molar-refractivity contribution is -0.150. The normalized spacial score (nSPS) is 13.1. The standard InChI is InChI=1S/C17H25NO4/c1-6-10-17(4,16(20)21-5)18-14(19)11-22-15-12(2)8-7-9-13(15)3/h7-9H,6,10-11H2,1-5H3,(H,18,19). The van der Waals surface area contributed by atoms with Crippen molar-refractivity contribution < 1.29 is 19.1 Å². The van der Waals surface area contributed by atoms with Gasteiger partial charge in [0, 0.05) is 0 Å². The molecule has 22 heavy (non-hydrogen) atoms. The molecule has 1 rings (SSSR count). The molecule has 0 radical (unpaired) electrons. The highest BCUT2D eigenvalue weighted by Crippen LogP contribution is 2.22. The van der Waals surface area contributed by atoms with Crippen LogP contribution in [0.3, 0.4) is 0 Å². The molecular formula is C17H25NO4. The van der Waals surface area contributed by atoms with Crippen LogP contribution in [0.1, 0.15) is 37.8 Å². The molecule has 5 heteroatoms. The minimum atomic E-state index is -1.02. The van der Waals surface area contributed by atoms with Gasteiger partial charge in [0.05, 0.1) is 7.11 Å². The van der Waals surface area contributed by atoms with Crippen LogP contribution in [0.2, 0.25) is 0 Å². The molecule has 5 nitrogen and oxygen atoms in total. The molecule has 1 aromatic rings. The van der Waals surface area contributed by atoms with Gasteiger partial charge in [-0.1, -0.05) is 31.5 Å². The van der Waals surface area contributed by atoms with Crippen molar-refractivity contribution in [1.29, 1.82) is 0 Å². The van der Waals surface area contributed by atoms with E-state index in [4.69, 9.17) is 9.47 Å². The Balaban J connectivity index is 2.71. The van der Waals surface area contributed by atoms with Crippen molar-refractivity contribution in [3.8, 4) is 5.75 Å². The third-order valence-corrected chi connectivity index (χ3v) is 3.56. The first-order chi connectivity index (χ1) is 10.3. The predicted octanol–water partition coefficient (Wildman–Crippen LogP) is 2.53. The summed E-state index contributed by atoms with van der Waals surface area (Å²) in [7, 11) is 1.32. The molecule has 0 fully saturated rings. The van der Waals surface area contributed by atoms with E-state index in [0.717, 1.165) is 17.5 Å². The molecule has 1 unspecified atom stereocenters. The fourth-order valence-electron chi connectivity index (χ4n) is 2.45. The van der Waals surface area contributed by atoms with Crippen LogP contribution in [0.4, 0.5) is 0 Å². The van der Waals surface area contributed by atoms with E-state index in [0.29, 0.717) is 12.2 Å². The van der Waals surface area contributed by atoms with E-state index in [1.165, 1.54) is 7.11 Å². The molecule has 0 saturated carbocycles. The lowest BCUT2D eigenvalue weighted by Gasteiger charge is -2.27. The van der Waals surface area contributed by atoms with Crippen LogP contribution < -0.4 is 10.1 Å². The van der Waals surface area contributed by atoms with E-state index in [2.05, 4.69) is 5.32 Å². The van der Waals surface area contributed by atoms with E-state index in [1.807, 2.05) is 39.0 Å². The Morgan fingerprint density at radius 1 is 1.23 bits per heavy atom. The largest absolute Gasteiger partial charge is 0.483 e. The maximum Gasteiger partial charge on any atom is 0.331 e. The number of benzene rings is 1. The Labute approximate surface area is 132 Å². The molecule has 0 saturated heterocycles. The lowest BCUT2D eigenvalue weighted by atomic mass is 9.96. The van der Waals surface area contributed by atoms with Gasteiger partial charge in [0.2, 0.25) is 0 Å². The number of hydrogen-bond donors (Lipinski definition) is 1. The Morgan fingerprint density at radius 2 is 1.82 bits per heavy atom. The van der Waals surface area contributed by atoms with Gasteiger partial charge < -0.3 is 14.8 Å². The number of rotatable bonds is 7. The molecule has 1 N–H and O–H groups in total. The molecule has 0 heterocycles. The smallest absolute Gasteiger partial charge is 0.331 e. The highest BCUT2D eigenvalue weighted by atomic mass is 16.5. The first-order valence-corrected chi connectivity index (χ1v) is 7.42. The molecule has 1 amide bonds. The zero-order valence-corrected chi connectivity index (χ0v) is 14.0. The van der Waals surface area contributed by atoms with Crippen LogP contribution in [0.25, 0.3) is 0 Å². The van der Waals surface area contributed by atoms with Gasteiger partial charge >= 0.3 is 5.97 Å². The second-order valence-electron chi connectivity index (χ2n) is 5.63. The summed E-state index contributed by atoms with van der Waals surface area (Å²) in [6.07, 6.45) is 1.26. The van der Waals surface area contributed by atoms with Crippen LogP contribution in [-0.4, -0.2) is 31.1 Å². The molecule has 0 spiro atoms. The molecule has 1 atom stereocenters. The molecule has 0 aliphatic rings. The number of hydrogen-bond acceptors (Lipinski definition) is 4. The van der Waals surface area contributed by atoms with E-state index < -0.39 is 11.5 Å². The summed E-state index contributed by atoms with van der Waals surface area (Å²) in [5.41, 5.74) is 0.916. The van der Waals surface area contributed by atoms with Crippen LogP contribution in [0.15, 0.2) is 18.2 Å². The third kappa shape index (κ3) is 4.48. The number of esters is 1. The fraction of sp³-hybridized carbons (Fsp3) is 0.529. The predicted molar refractivity (Wildman–Crippen MR) is 84.9 cm³/mol. The van der Waals surface area contributed by atoms with Gasteiger partial charge in [-0.15, -0.1) is 0 Å². The molecule has 0 aromatic heterocycles. The van der Waals surface area contributed by atoms with Crippen molar-refractivity contribution in [2.45, 2.75) is 46.1 Å². The van der Waals surface area contributed by atoms with Crippen molar-refractivity contribution in [1.82, 2.24) is 5.32 Å². The zero-order valence-electron chi connectivity index (χ0n) is 14.0.